The lowest BCUT2D eigenvalue weighted by Gasteiger charge is -2.09. The highest BCUT2D eigenvalue weighted by Crippen LogP contribution is 2.31. The Morgan fingerprint density at radius 3 is 2.94 bits per heavy atom. The third-order valence-electron chi connectivity index (χ3n) is 2.05. The van der Waals surface area contributed by atoms with Crippen LogP contribution in [0.2, 0.25) is 0 Å². The summed E-state index contributed by atoms with van der Waals surface area (Å²) in [6.07, 6.45) is 2.48. The van der Waals surface area contributed by atoms with E-state index in [2.05, 4.69) is 21.5 Å². The number of hydrogen-bond donors (Lipinski definition) is 1. The van der Waals surface area contributed by atoms with Gasteiger partial charge in [-0.25, -0.2) is 4.98 Å². The van der Waals surface area contributed by atoms with E-state index in [0.29, 0.717) is 0 Å². The van der Waals surface area contributed by atoms with E-state index in [1.54, 1.807) is 18.1 Å². The molecule has 2 N–H and O–H groups in total. The van der Waals surface area contributed by atoms with Crippen molar-refractivity contribution in [3.8, 4) is 0 Å². The summed E-state index contributed by atoms with van der Waals surface area (Å²) >= 11 is 3.07. The Hall–Kier alpha value is -0.910. The van der Waals surface area contributed by atoms with E-state index >= 15 is 0 Å². The summed E-state index contributed by atoms with van der Waals surface area (Å²) in [5.41, 5.74) is 7.11. The molecule has 1 heterocycles. The summed E-state index contributed by atoms with van der Waals surface area (Å²) in [6, 6.07) is 8.48. The average Bonchev–Trinajstić information content (AvgIpc) is 2.73. The van der Waals surface area contributed by atoms with Gasteiger partial charge in [0.2, 0.25) is 0 Å². The second-order valence-electron chi connectivity index (χ2n) is 3.60. The number of aromatic nitrogens is 2. The minimum absolute atomic E-state index is 0.177. The molecule has 0 radical (unpaired) electrons. The summed E-state index contributed by atoms with van der Waals surface area (Å²) in [5.74, 6) is 0. The first-order valence-electron chi connectivity index (χ1n) is 5.03. The number of rotatable bonds is 4. The van der Waals surface area contributed by atoms with Crippen LogP contribution in [0.3, 0.4) is 0 Å². The quantitative estimate of drug-likeness (QED) is 0.907. The van der Waals surface area contributed by atoms with Gasteiger partial charge in [0.1, 0.15) is 6.33 Å². The van der Waals surface area contributed by atoms with Crippen molar-refractivity contribution >= 4 is 23.3 Å². The van der Waals surface area contributed by atoms with Gasteiger partial charge in [-0.15, -0.1) is 0 Å². The Morgan fingerprint density at radius 2 is 2.25 bits per heavy atom. The largest absolute Gasteiger partial charge is 0.328 e. The Kier molecular flexibility index (Phi) is 3.93. The van der Waals surface area contributed by atoms with Crippen LogP contribution in [0.4, 0.5) is 0 Å². The van der Waals surface area contributed by atoms with Gasteiger partial charge < -0.3 is 5.73 Å². The highest BCUT2D eigenvalue weighted by atomic mass is 32.2. The van der Waals surface area contributed by atoms with E-state index in [0.717, 1.165) is 10.8 Å². The summed E-state index contributed by atoms with van der Waals surface area (Å²) in [7, 11) is 0. The topological polar surface area (TPSA) is 51.8 Å². The van der Waals surface area contributed by atoms with Crippen LogP contribution in [0, 0.1) is 0 Å². The van der Waals surface area contributed by atoms with Crippen LogP contribution in [-0.4, -0.2) is 15.4 Å². The maximum Gasteiger partial charge on any atom is 0.174 e. The standard InChI is InChI=1S/C11H13N3S2/c1-8(12)6-9-4-2-3-5-10(9)15-11-13-7-14-16-11/h2-5,7-8H,6,12H2,1H3. The average molecular weight is 251 g/mol. The molecule has 5 heteroatoms. The number of hydrogen-bond acceptors (Lipinski definition) is 5. The van der Waals surface area contributed by atoms with E-state index in [9.17, 15) is 0 Å². The van der Waals surface area contributed by atoms with Crippen molar-refractivity contribution in [1.82, 2.24) is 9.36 Å². The molecule has 0 saturated heterocycles. The van der Waals surface area contributed by atoms with Gasteiger partial charge in [-0.05, 0) is 36.5 Å². The first-order chi connectivity index (χ1) is 7.75. The lowest BCUT2D eigenvalue weighted by Crippen LogP contribution is -2.18. The Bertz CT molecular complexity index is 440. The molecule has 1 atom stereocenters. The predicted molar refractivity (Wildman–Crippen MR) is 67.8 cm³/mol. The molecule has 0 aliphatic carbocycles. The SMILES string of the molecule is CC(N)Cc1ccccc1Sc1ncns1. The van der Waals surface area contributed by atoms with Crippen molar-refractivity contribution in [1.29, 1.82) is 0 Å². The van der Waals surface area contributed by atoms with Gasteiger partial charge >= 0.3 is 0 Å². The highest BCUT2D eigenvalue weighted by Gasteiger charge is 2.07. The molecule has 1 aromatic carbocycles. The van der Waals surface area contributed by atoms with Crippen LogP contribution in [-0.2, 0) is 6.42 Å². The first kappa shape index (κ1) is 11.6. The van der Waals surface area contributed by atoms with Gasteiger partial charge in [0.05, 0.1) is 0 Å². The van der Waals surface area contributed by atoms with E-state index in [4.69, 9.17) is 5.73 Å². The minimum atomic E-state index is 0.177. The fourth-order valence-electron chi connectivity index (χ4n) is 1.42. The molecule has 2 aromatic rings. The number of benzene rings is 1. The molecule has 3 nitrogen and oxygen atoms in total. The molecular weight excluding hydrogens is 238 g/mol. The van der Waals surface area contributed by atoms with Crippen molar-refractivity contribution in [2.45, 2.75) is 28.6 Å². The van der Waals surface area contributed by atoms with E-state index in [1.807, 2.05) is 19.1 Å². The molecule has 0 bridgehead atoms. The third kappa shape index (κ3) is 3.04. The van der Waals surface area contributed by atoms with Crippen molar-refractivity contribution in [3.63, 3.8) is 0 Å². The summed E-state index contributed by atoms with van der Waals surface area (Å²) < 4.78 is 4.96. The molecule has 1 unspecified atom stereocenters. The normalized spacial score (nSPS) is 12.6. The van der Waals surface area contributed by atoms with Crippen LogP contribution in [0.15, 0.2) is 39.8 Å². The summed E-state index contributed by atoms with van der Waals surface area (Å²) in [4.78, 5) is 5.39. The molecule has 84 valence electrons. The summed E-state index contributed by atoms with van der Waals surface area (Å²) in [5, 5.41) is 0. The van der Waals surface area contributed by atoms with Gasteiger partial charge in [-0.2, -0.15) is 4.37 Å². The molecule has 0 aliphatic rings. The number of nitrogens with zero attached hydrogens (tertiary/aromatic N) is 2. The maximum absolute atomic E-state index is 5.83. The van der Waals surface area contributed by atoms with Gasteiger partial charge in [-0.3, -0.25) is 0 Å². The van der Waals surface area contributed by atoms with Crippen molar-refractivity contribution < 1.29 is 0 Å². The van der Waals surface area contributed by atoms with E-state index in [-0.39, 0.29) is 6.04 Å². The molecule has 0 saturated carbocycles. The fourth-order valence-corrected chi connectivity index (χ4v) is 2.96. The van der Waals surface area contributed by atoms with Gasteiger partial charge in [0, 0.05) is 10.9 Å². The van der Waals surface area contributed by atoms with E-state index < -0.39 is 0 Å². The second-order valence-corrected chi connectivity index (χ2v) is 5.67. The van der Waals surface area contributed by atoms with Crippen LogP contribution in [0.1, 0.15) is 12.5 Å². The summed E-state index contributed by atoms with van der Waals surface area (Å²) in [6.45, 7) is 2.02. The van der Waals surface area contributed by atoms with Crippen molar-refractivity contribution in [3.05, 3.63) is 36.2 Å². The third-order valence-corrected chi connectivity index (χ3v) is 3.89. The zero-order valence-corrected chi connectivity index (χ0v) is 10.6. The lowest BCUT2D eigenvalue weighted by atomic mass is 10.1. The zero-order chi connectivity index (χ0) is 11.4. The molecule has 0 spiro atoms. The molecule has 0 fully saturated rings. The van der Waals surface area contributed by atoms with Gasteiger partial charge in [0.25, 0.3) is 0 Å². The van der Waals surface area contributed by atoms with Crippen LogP contribution in [0.25, 0.3) is 0 Å². The van der Waals surface area contributed by atoms with Crippen LogP contribution in [0.5, 0.6) is 0 Å². The number of nitrogens with two attached hydrogens (primary N) is 1. The Morgan fingerprint density at radius 1 is 1.44 bits per heavy atom. The molecule has 0 amide bonds. The second kappa shape index (κ2) is 5.43. The molecule has 2 rings (SSSR count). The maximum atomic E-state index is 5.83. The smallest absolute Gasteiger partial charge is 0.174 e. The fraction of sp³-hybridized carbons (Fsp3) is 0.273. The predicted octanol–water partition coefficient (Wildman–Crippen LogP) is 2.58. The molecule has 1 aromatic heterocycles. The van der Waals surface area contributed by atoms with Crippen LogP contribution < -0.4 is 5.73 Å². The highest BCUT2D eigenvalue weighted by molar-refractivity contribution is 8.01. The van der Waals surface area contributed by atoms with E-state index in [1.165, 1.54) is 22.0 Å². The molecule has 0 aliphatic heterocycles. The minimum Gasteiger partial charge on any atom is -0.328 e. The van der Waals surface area contributed by atoms with Crippen molar-refractivity contribution in [2.24, 2.45) is 5.73 Å². The lowest BCUT2D eigenvalue weighted by molar-refractivity contribution is 0.729. The van der Waals surface area contributed by atoms with Gasteiger partial charge in [0.15, 0.2) is 4.34 Å². The monoisotopic (exact) mass is 251 g/mol. The van der Waals surface area contributed by atoms with Gasteiger partial charge in [-0.1, -0.05) is 30.0 Å². The van der Waals surface area contributed by atoms with Crippen LogP contribution >= 0.6 is 23.3 Å². The molecule has 16 heavy (non-hydrogen) atoms. The molecular formula is C11H13N3S2. The zero-order valence-electron chi connectivity index (χ0n) is 8.96. The Labute approximate surface area is 103 Å². The first-order valence-corrected chi connectivity index (χ1v) is 6.62. The Balaban J connectivity index is 2.19. The van der Waals surface area contributed by atoms with Crippen molar-refractivity contribution in [2.75, 3.05) is 0 Å².